The summed E-state index contributed by atoms with van der Waals surface area (Å²) in [6, 6.07) is 3.41. The van der Waals surface area contributed by atoms with Gasteiger partial charge in [-0.15, -0.1) is 0 Å². The van der Waals surface area contributed by atoms with Crippen molar-refractivity contribution in [1.82, 2.24) is 14.6 Å². The zero-order chi connectivity index (χ0) is 19.3. The van der Waals surface area contributed by atoms with Crippen LogP contribution in [0.4, 0.5) is 0 Å². The van der Waals surface area contributed by atoms with Crippen LogP contribution >= 0.6 is 11.8 Å². The van der Waals surface area contributed by atoms with E-state index in [9.17, 15) is 13.2 Å². The molecule has 1 fully saturated rings. The van der Waals surface area contributed by atoms with Crippen LogP contribution in [0.5, 0.6) is 0 Å². The average Bonchev–Trinajstić information content (AvgIpc) is 2.61. The van der Waals surface area contributed by atoms with Gasteiger partial charge in [0.05, 0.1) is 10.3 Å². The van der Waals surface area contributed by atoms with E-state index in [2.05, 4.69) is 10.3 Å². The average molecular weight is 400 g/mol. The molecule has 2 rings (SSSR count). The standard InChI is InChI=1S/C18H29N3O3S2/c1-13(2)20-18(22)14(3)25-17-11-10-16(12-19-17)26(23,24)21(4)15-8-6-5-7-9-15/h10-15H,5-9H2,1-4H3,(H,20,22)/t14-/m0/s1. The minimum Gasteiger partial charge on any atom is -0.353 e. The summed E-state index contributed by atoms with van der Waals surface area (Å²) >= 11 is 1.32. The lowest BCUT2D eigenvalue weighted by atomic mass is 9.96. The van der Waals surface area contributed by atoms with Crippen molar-refractivity contribution < 1.29 is 13.2 Å². The van der Waals surface area contributed by atoms with E-state index in [0.717, 1.165) is 25.7 Å². The number of nitrogens with zero attached hydrogens (tertiary/aromatic N) is 2. The third-order valence-corrected chi connectivity index (χ3v) is 7.52. The Morgan fingerprint density at radius 1 is 1.23 bits per heavy atom. The molecule has 1 heterocycles. The molecule has 0 aliphatic heterocycles. The SMILES string of the molecule is CC(C)NC(=O)[C@H](C)Sc1ccc(S(=O)(=O)N(C)C2CCCCC2)cn1. The molecule has 8 heteroatoms. The summed E-state index contributed by atoms with van der Waals surface area (Å²) in [5, 5.41) is 3.20. The van der Waals surface area contributed by atoms with Gasteiger partial charge in [0.2, 0.25) is 15.9 Å². The Labute approximate surface area is 161 Å². The Morgan fingerprint density at radius 3 is 2.42 bits per heavy atom. The van der Waals surface area contributed by atoms with Crippen LogP contribution in [0.2, 0.25) is 0 Å². The topological polar surface area (TPSA) is 79.4 Å². The lowest BCUT2D eigenvalue weighted by Gasteiger charge is -2.30. The van der Waals surface area contributed by atoms with Gasteiger partial charge in [-0.25, -0.2) is 13.4 Å². The number of amides is 1. The molecule has 1 amide bonds. The third kappa shape index (κ3) is 5.44. The number of aromatic nitrogens is 1. The Hall–Kier alpha value is -1.12. The first kappa shape index (κ1) is 21.2. The van der Waals surface area contributed by atoms with Gasteiger partial charge in [-0.1, -0.05) is 31.0 Å². The van der Waals surface area contributed by atoms with Crippen LogP contribution in [-0.4, -0.2) is 48.0 Å². The summed E-state index contributed by atoms with van der Waals surface area (Å²) in [4.78, 5) is 16.4. The molecule has 146 valence electrons. The van der Waals surface area contributed by atoms with Gasteiger partial charge < -0.3 is 5.32 Å². The summed E-state index contributed by atoms with van der Waals surface area (Å²) in [7, 11) is -1.87. The van der Waals surface area contributed by atoms with Gasteiger partial charge in [-0.05, 0) is 45.7 Å². The highest BCUT2D eigenvalue weighted by Crippen LogP contribution is 2.27. The van der Waals surface area contributed by atoms with Crippen LogP contribution in [0.15, 0.2) is 28.3 Å². The predicted octanol–water partition coefficient (Wildman–Crippen LogP) is 3.04. The first-order valence-corrected chi connectivity index (χ1v) is 11.4. The van der Waals surface area contributed by atoms with E-state index in [0.29, 0.717) is 5.03 Å². The van der Waals surface area contributed by atoms with Crippen molar-refractivity contribution in [2.75, 3.05) is 7.05 Å². The Kier molecular flexibility index (Phi) is 7.49. The Bertz CT molecular complexity index is 699. The zero-order valence-electron chi connectivity index (χ0n) is 15.9. The molecule has 1 aliphatic rings. The van der Waals surface area contributed by atoms with Crippen LogP contribution in [0.1, 0.15) is 52.9 Å². The maximum atomic E-state index is 12.8. The first-order valence-electron chi connectivity index (χ1n) is 9.13. The molecule has 0 saturated heterocycles. The Morgan fingerprint density at radius 2 is 1.88 bits per heavy atom. The second-order valence-electron chi connectivity index (χ2n) is 7.07. The number of pyridine rings is 1. The summed E-state index contributed by atoms with van der Waals surface area (Å²) in [5.41, 5.74) is 0. The molecule has 0 spiro atoms. The van der Waals surface area contributed by atoms with Gasteiger partial charge in [0, 0.05) is 25.3 Å². The smallest absolute Gasteiger partial charge is 0.244 e. The molecule has 1 aliphatic carbocycles. The number of hydrogen-bond acceptors (Lipinski definition) is 5. The molecule has 1 aromatic rings. The van der Waals surface area contributed by atoms with Crippen LogP contribution in [0, 0.1) is 0 Å². The van der Waals surface area contributed by atoms with Crippen LogP contribution < -0.4 is 5.32 Å². The number of nitrogens with one attached hydrogen (secondary N) is 1. The van der Waals surface area contributed by atoms with E-state index in [1.54, 1.807) is 19.2 Å². The molecule has 1 N–H and O–H groups in total. The fraction of sp³-hybridized carbons (Fsp3) is 0.667. The fourth-order valence-corrected chi connectivity index (χ4v) is 5.19. The van der Waals surface area contributed by atoms with E-state index in [-0.39, 0.29) is 28.1 Å². The molecule has 26 heavy (non-hydrogen) atoms. The summed E-state index contributed by atoms with van der Waals surface area (Å²) in [5.74, 6) is -0.0551. The molecule has 0 radical (unpaired) electrons. The molecule has 1 aromatic heterocycles. The van der Waals surface area contributed by atoms with Crippen molar-refractivity contribution >= 4 is 27.7 Å². The van der Waals surface area contributed by atoms with E-state index in [4.69, 9.17) is 0 Å². The number of thioether (sulfide) groups is 1. The lowest BCUT2D eigenvalue weighted by molar-refractivity contribution is -0.120. The summed E-state index contributed by atoms with van der Waals surface area (Å²) in [6.45, 7) is 5.64. The lowest BCUT2D eigenvalue weighted by Crippen LogP contribution is -2.38. The number of rotatable bonds is 7. The van der Waals surface area contributed by atoms with Crippen LogP contribution in [0.25, 0.3) is 0 Å². The van der Waals surface area contributed by atoms with Crippen molar-refractivity contribution in [1.29, 1.82) is 0 Å². The third-order valence-electron chi connectivity index (χ3n) is 4.57. The minimum atomic E-state index is -3.53. The number of hydrogen-bond donors (Lipinski definition) is 1. The number of carbonyl (C=O) groups excluding carboxylic acids is 1. The van der Waals surface area contributed by atoms with Gasteiger partial charge >= 0.3 is 0 Å². The summed E-state index contributed by atoms with van der Waals surface area (Å²) in [6.07, 6.45) is 6.56. The van der Waals surface area contributed by atoms with E-state index in [1.165, 1.54) is 28.7 Å². The number of sulfonamides is 1. The van der Waals surface area contributed by atoms with Crippen molar-refractivity contribution in [2.24, 2.45) is 0 Å². The predicted molar refractivity (Wildman–Crippen MR) is 105 cm³/mol. The first-order chi connectivity index (χ1) is 12.2. The molecule has 0 unspecified atom stereocenters. The molecule has 6 nitrogen and oxygen atoms in total. The maximum absolute atomic E-state index is 12.8. The second kappa shape index (κ2) is 9.19. The van der Waals surface area contributed by atoms with Gasteiger partial charge in [0.1, 0.15) is 4.90 Å². The van der Waals surface area contributed by atoms with Crippen molar-refractivity contribution in [3.05, 3.63) is 18.3 Å². The van der Waals surface area contributed by atoms with Gasteiger partial charge in [-0.3, -0.25) is 4.79 Å². The maximum Gasteiger partial charge on any atom is 0.244 e. The molecule has 1 saturated carbocycles. The molecular weight excluding hydrogens is 370 g/mol. The van der Waals surface area contributed by atoms with Gasteiger partial charge in [0.15, 0.2) is 0 Å². The highest BCUT2D eigenvalue weighted by Gasteiger charge is 2.29. The van der Waals surface area contributed by atoms with Crippen LogP contribution in [0.3, 0.4) is 0 Å². The quantitative estimate of drug-likeness (QED) is 0.713. The van der Waals surface area contributed by atoms with E-state index in [1.807, 2.05) is 20.8 Å². The van der Waals surface area contributed by atoms with E-state index < -0.39 is 10.0 Å². The highest BCUT2D eigenvalue weighted by molar-refractivity contribution is 8.00. The highest BCUT2D eigenvalue weighted by atomic mass is 32.2. The fourth-order valence-electron chi connectivity index (χ4n) is 3.03. The molecule has 0 aromatic carbocycles. The summed E-state index contributed by atoms with van der Waals surface area (Å²) < 4.78 is 27.1. The molecular formula is C18H29N3O3S2. The minimum absolute atomic E-state index is 0.0551. The normalized spacial score (nSPS) is 17.5. The van der Waals surface area contributed by atoms with Crippen LogP contribution in [-0.2, 0) is 14.8 Å². The Balaban J connectivity index is 2.04. The van der Waals surface area contributed by atoms with Crippen molar-refractivity contribution in [2.45, 2.75) is 80.1 Å². The molecule has 1 atom stereocenters. The molecule has 0 bridgehead atoms. The second-order valence-corrected chi connectivity index (χ2v) is 10.4. The number of carbonyl (C=O) groups is 1. The van der Waals surface area contributed by atoms with Crippen molar-refractivity contribution in [3.8, 4) is 0 Å². The van der Waals surface area contributed by atoms with Gasteiger partial charge in [-0.2, -0.15) is 4.31 Å². The van der Waals surface area contributed by atoms with Crippen molar-refractivity contribution in [3.63, 3.8) is 0 Å². The van der Waals surface area contributed by atoms with Gasteiger partial charge in [0.25, 0.3) is 0 Å². The van der Waals surface area contributed by atoms with E-state index >= 15 is 0 Å². The largest absolute Gasteiger partial charge is 0.353 e. The zero-order valence-corrected chi connectivity index (χ0v) is 17.6. The monoisotopic (exact) mass is 399 g/mol.